The van der Waals surface area contributed by atoms with Crippen molar-refractivity contribution in [3.63, 3.8) is 0 Å². The number of nitrogens with one attached hydrogen (secondary N) is 3. The fourth-order valence-corrected chi connectivity index (χ4v) is 3.57. The predicted molar refractivity (Wildman–Crippen MR) is 139 cm³/mol. The molecule has 178 valence electrons. The van der Waals surface area contributed by atoms with Crippen LogP contribution in [0.1, 0.15) is 40.4 Å². The summed E-state index contributed by atoms with van der Waals surface area (Å²) in [6, 6.07) is 21.7. The van der Waals surface area contributed by atoms with Crippen molar-refractivity contribution in [3.05, 3.63) is 89.5 Å². The highest BCUT2D eigenvalue weighted by atomic mass is 16.2. The molecule has 0 aliphatic carbocycles. The minimum Gasteiger partial charge on any atom is -0.397 e. The van der Waals surface area contributed by atoms with Gasteiger partial charge in [-0.15, -0.1) is 0 Å². The van der Waals surface area contributed by atoms with Crippen LogP contribution in [0, 0.1) is 6.92 Å². The minimum absolute atomic E-state index is 0.188. The number of aryl methyl sites for hydroxylation is 1. The van der Waals surface area contributed by atoms with Crippen LogP contribution in [0.3, 0.4) is 0 Å². The monoisotopic (exact) mass is 459 g/mol. The van der Waals surface area contributed by atoms with Crippen molar-refractivity contribution in [1.29, 1.82) is 0 Å². The Kier molecular flexibility index (Phi) is 8.65. The van der Waals surface area contributed by atoms with Gasteiger partial charge < -0.3 is 26.6 Å². The first-order valence-corrected chi connectivity index (χ1v) is 11.4. The third kappa shape index (κ3) is 7.35. The van der Waals surface area contributed by atoms with Gasteiger partial charge >= 0.3 is 6.03 Å². The number of urea groups is 1. The molecule has 7 nitrogen and oxygen atoms in total. The van der Waals surface area contributed by atoms with Crippen molar-refractivity contribution in [3.8, 4) is 0 Å². The predicted octanol–water partition coefficient (Wildman–Crippen LogP) is 5.03. The van der Waals surface area contributed by atoms with E-state index < -0.39 is 0 Å². The van der Waals surface area contributed by atoms with Crippen LogP contribution >= 0.6 is 0 Å². The second-order valence-corrected chi connectivity index (χ2v) is 8.63. The van der Waals surface area contributed by atoms with Crippen LogP contribution in [0.2, 0.25) is 0 Å². The van der Waals surface area contributed by atoms with Crippen LogP contribution in [0.5, 0.6) is 0 Å². The molecule has 0 aliphatic rings. The number of anilines is 3. The van der Waals surface area contributed by atoms with E-state index in [4.69, 9.17) is 5.73 Å². The van der Waals surface area contributed by atoms with Crippen LogP contribution in [-0.4, -0.2) is 37.5 Å². The molecule has 1 atom stereocenters. The molecule has 0 saturated carbocycles. The number of nitrogen functional groups attached to an aromatic ring is 1. The van der Waals surface area contributed by atoms with Gasteiger partial charge in [0.1, 0.15) is 0 Å². The Hall–Kier alpha value is -3.84. The number of nitrogens with two attached hydrogens (primary N) is 1. The Labute approximate surface area is 201 Å². The second-order valence-electron chi connectivity index (χ2n) is 8.63. The van der Waals surface area contributed by atoms with Crippen molar-refractivity contribution < 1.29 is 9.59 Å². The van der Waals surface area contributed by atoms with Gasteiger partial charge in [0.05, 0.1) is 17.4 Å². The van der Waals surface area contributed by atoms with Gasteiger partial charge in [-0.05, 0) is 82.4 Å². The topological polar surface area (TPSA) is 99.5 Å². The van der Waals surface area contributed by atoms with Gasteiger partial charge in [-0.25, -0.2) is 4.79 Å². The summed E-state index contributed by atoms with van der Waals surface area (Å²) >= 11 is 0. The fourth-order valence-electron chi connectivity index (χ4n) is 3.57. The van der Waals surface area contributed by atoms with E-state index in [1.165, 1.54) is 0 Å². The first-order chi connectivity index (χ1) is 16.3. The molecule has 0 spiro atoms. The third-order valence-corrected chi connectivity index (χ3v) is 5.50. The van der Waals surface area contributed by atoms with Crippen molar-refractivity contribution in [2.75, 3.05) is 37.0 Å². The summed E-state index contributed by atoms with van der Waals surface area (Å²) in [5.41, 5.74) is 10.3. The molecule has 5 N–H and O–H groups in total. The smallest absolute Gasteiger partial charge is 0.319 e. The van der Waals surface area contributed by atoms with Gasteiger partial charge in [0.2, 0.25) is 0 Å². The molecule has 0 radical (unpaired) electrons. The van der Waals surface area contributed by atoms with E-state index in [2.05, 4.69) is 20.9 Å². The van der Waals surface area contributed by atoms with Crippen molar-refractivity contribution in [1.82, 2.24) is 10.2 Å². The molecular weight excluding hydrogens is 426 g/mol. The van der Waals surface area contributed by atoms with E-state index in [1.807, 2.05) is 69.6 Å². The highest BCUT2D eigenvalue weighted by molar-refractivity contribution is 6.05. The van der Waals surface area contributed by atoms with Crippen LogP contribution < -0.4 is 21.7 Å². The second kappa shape index (κ2) is 11.9. The summed E-state index contributed by atoms with van der Waals surface area (Å²) < 4.78 is 0. The maximum absolute atomic E-state index is 12.7. The third-order valence-electron chi connectivity index (χ3n) is 5.50. The number of amides is 3. The molecule has 0 aliphatic heterocycles. The number of para-hydroxylation sites is 2. The fraction of sp³-hybridized carbons (Fsp3) is 0.259. The van der Waals surface area contributed by atoms with Gasteiger partial charge in [0.15, 0.2) is 0 Å². The van der Waals surface area contributed by atoms with Gasteiger partial charge in [-0.1, -0.05) is 42.0 Å². The lowest BCUT2D eigenvalue weighted by Crippen LogP contribution is -2.33. The summed E-state index contributed by atoms with van der Waals surface area (Å²) in [6.07, 6.45) is 1.68. The lowest BCUT2D eigenvalue weighted by atomic mass is 10.00. The zero-order chi connectivity index (χ0) is 24.5. The minimum atomic E-state index is -0.264. The van der Waals surface area contributed by atoms with Crippen LogP contribution in [0.4, 0.5) is 21.9 Å². The molecule has 3 amide bonds. The molecular formula is C27H33N5O2. The van der Waals surface area contributed by atoms with Gasteiger partial charge in [-0.2, -0.15) is 0 Å². The average molecular weight is 460 g/mol. The molecule has 0 heterocycles. The molecule has 3 aromatic carbocycles. The quantitative estimate of drug-likeness (QED) is 0.337. The largest absolute Gasteiger partial charge is 0.397 e. The first kappa shape index (κ1) is 24.8. The molecule has 34 heavy (non-hydrogen) atoms. The highest BCUT2D eigenvalue weighted by Crippen LogP contribution is 2.22. The first-order valence-electron chi connectivity index (χ1n) is 11.4. The summed E-state index contributed by atoms with van der Waals surface area (Å²) in [5, 5.41) is 8.81. The number of hydrogen-bond donors (Lipinski definition) is 4. The molecule has 3 aromatic rings. The Morgan fingerprint density at radius 1 is 0.912 bits per heavy atom. The lowest BCUT2D eigenvalue weighted by Gasteiger charge is -2.21. The number of carbonyl (C=O) groups excluding carboxylic acids is 2. The number of nitrogens with zero attached hydrogens (tertiary/aromatic N) is 1. The summed E-state index contributed by atoms with van der Waals surface area (Å²) in [6.45, 7) is 2.92. The average Bonchev–Trinajstić information content (AvgIpc) is 2.81. The van der Waals surface area contributed by atoms with Crippen LogP contribution in [-0.2, 0) is 0 Å². The van der Waals surface area contributed by atoms with E-state index >= 15 is 0 Å². The SMILES string of the molecule is Cc1ccc(NC(=O)NC(CCCN(C)C)c2ccc(C(=O)Nc3ccccc3N)cc2)cc1. The van der Waals surface area contributed by atoms with E-state index in [1.54, 1.807) is 24.3 Å². The maximum Gasteiger partial charge on any atom is 0.319 e. The normalized spacial score (nSPS) is 11.6. The van der Waals surface area contributed by atoms with E-state index in [0.717, 1.165) is 36.2 Å². The molecule has 0 bridgehead atoms. The standard InChI is InChI=1S/C27H33N5O2/c1-19-10-16-22(17-11-19)29-27(34)31-24(9-6-18-32(2)3)20-12-14-21(15-13-20)26(33)30-25-8-5-4-7-23(25)28/h4-5,7-8,10-17,24H,6,9,18,28H2,1-3H3,(H,30,33)(H2,29,31,34). The summed E-state index contributed by atoms with van der Waals surface area (Å²) in [7, 11) is 4.05. The Morgan fingerprint density at radius 2 is 1.59 bits per heavy atom. The van der Waals surface area contributed by atoms with E-state index in [0.29, 0.717) is 16.9 Å². The molecule has 0 aromatic heterocycles. The number of benzene rings is 3. The van der Waals surface area contributed by atoms with Gasteiger partial charge in [0.25, 0.3) is 5.91 Å². The molecule has 7 heteroatoms. The van der Waals surface area contributed by atoms with Gasteiger partial charge in [0, 0.05) is 11.3 Å². The van der Waals surface area contributed by atoms with Crippen molar-refractivity contribution >= 4 is 29.0 Å². The number of hydrogen-bond acceptors (Lipinski definition) is 4. The molecule has 1 unspecified atom stereocenters. The maximum atomic E-state index is 12.7. The summed E-state index contributed by atoms with van der Waals surface area (Å²) in [4.78, 5) is 27.4. The molecule has 0 saturated heterocycles. The summed E-state index contributed by atoms with van der Waals surface area (Å²) in [5.74, 6) is -0.237. The number of carbonyl (C=O) groups is 2. The Morgan fingerprint density at radius 3 is 2.24 bits per heavy atom. The van der Waals surface area contributed by atoms with Crippen LogP contribution in [0.15, 0.2) is 72.8 Å². The lowest BCUT2D eigenvalue weighted by molar-refractivity contribution is 0.102. The Bertz CT molecular complexity index is 1090. The van der Waals surface area contributed by atoms with E-state index in [9.17, 15) is 9.59 Å². The Balaban J connectivity index is 1.69. The zero-order valence-corrected chi connectivity index (χ0v) is 20.0. The van der Waals surface area contributed by atoms with Crippen molar-refractivity contribution in [2.45, 2.75) is 25.8 Å². The highest BCUT2D eigenvalue weighted by Gasteiger charge is 2.16. The van der Waals surface area contributed by atoms with Crippen LogP contribution in [0.25, 0.3) is 0 Å². The van der Waals surface area contributed by atoms with Gasteiger partial charge in [-0.3, -0.25) is 4.79 Å². The van der Waals surface area contributed by atoms with Crippen molar-refractivity contribution in [2.24, 2.45) is 0 Å². The zero-order valence-electron chi connectivity index (χ0n) is 20.0. The molecule has 3 rings (SSSR count). The van der Waals surface area contributed by atoms with E-state index in [-0.39, 0.29) is 18.0 Å². The molecule has 0 fully saturated rings. The number of rotatable bonds is 9.